The van der Waals surface area contributed by atoms with Gasteiger partial charge in [-0.05, 0) is 49.5 Å². The summed E-state index contributed by atoms with van der Waals surface area (Å²) in [5.41, 5.74) is 4.22. The van der Waals surface area contributed by atoms with Crippen molar-refractivity contribution < 1.29 is 0 Å². The molecule has 0 saturated carbocycles. The molecule has 21 heavy (non-hydrogen) atoms. The zero-order chi connectivity index (χ0) is 14.8. The van der Waals surface area contributed by atoms with Gasteiger partial charge in [-0.3, -0.25) is 4.57 Å². The van der Waals surface area contributed by atoms with Gasteiger partial charge >= 0.3 is 0 Å². The van der Waals surface area contributed by atoms with Crippen LogP contribution < -0.4 is 0 Å². The van der Waals surface area contributed by atoms with E-state index < -0.39 is 0 Å². The molecule has 3 rings (SSSR count). The summed E-state index contributed by atoms with van der Waals surface area (Å²) < 4.78 is 3.50. The molecule has 0 radical (unpaired) electrons. The van der Waals surface area contributed by atoms with E-state index in [2.05, 4.69) is 52.1 Å². The number of aromatic nitrogens is 2. The Bertz CT molecular complexity index is 821. The van der Waals surface area contributed by atoms with Crippen molar-refractivity contribution in [3.05, 3.63) is 75.6 Å². The van der Waals surface area contributed by atoms with Crippen LogP contribution in [-0.2, 0) is 0 Å². The van der Waals surface area contributed by atoms with Gasteiger partial charge in [0.1, 0.15) is 0 Å². The maximum Gasteiger partial charge on any atom is 0.204 e. The molecule has 0 aliphatic rings. The van der Waals surface area contributed by atoms with E-state index in [-0.39, 0.29) is 0 Å². The minimum absolute atomic E-state index is 0.551. The van der Waals surface area contributed by atoms with Gasteiger partial charge in [0.2, 0.25) is 4.77 Å². The smallest absolute Gasteiger partial charge is 0.204 e. The van der Waals surface area contributed by atoms with Crippen LogP contribution in [0.25, 0.3) is 16.9 Å². The van der Waals surface area contributed by atoms with E-state index in [0.717, 1.165) is 21.4 Å². The highest BCUT2D eigenvalue weighted by Gasteiger charge is 2.02. The maximum atomic E-state index is 5.42. The number of aryl methyl sites for hydroxylation is 1. The Labute approximate surface area is 137 Å². The lowest BCUT2D eigenvalue weighted by Gasteiger charge is -2.08. The first-order valence-corrected chi connectivity index (χ1v) is 7.76. The number of nitrogens with zero attached hydrogens (tertiary/aromatic N) is 2. The molecule has 2 nitrogen and oxygen atoms in total. The number of hydrogen-bond acceptors (Lipinski definition) is 2. The summed E-state index contributed by atoms with van der Waals surface area (Å²) >= 11 is 8.85. The van der Waals surface area contributed by atoms with Crippen LogP contribution in [0.15, 0.2) is 65.3 Å². The number of rotatable bonds is 2. The second-order valence-corrected chi connectivity index (χ2v) is 6.09. The molecule has 2 aromatic carbocycles. The van der Waals surface area contributed by atoms with E-state index in [1.807, 2.05) is 41.1 Å². The monoisotopic (exact) mass is 356 g/mol. The average molecular weight is 357 g/mol. The van der Waals surface area contributed by atoms with Crippen LogP contribution in [0.4, 0.5) is 0 Å². The highest BCUT2D eigenvalue weighted by atomic mass is 79.9. The first kappa shape index (κ1) is 14.2. The third kappa shape index (κ3) is 3.12. The van der Waals surface area contributed by atoms with Gasteiger partial charge < -0.3 is 0 Å². The van der Waals surface area contributed by atoms with Crippen LogP contribution in [0, 0.1) is 11.7 Å². The Morgan fingerprint density at radius 3 is 2.24 bits per heavy atom. The molecule has 3 aromatic rings. The largest absolute Gasteiger partial charge is 0.293 e. The number of benzene rings is 2. The lowest BCUT2D eigenvalue weighted by molar-refractivity contribution is 0.959. The third-order valence-electron chi connectivity index (χ3n) is 3.26. The highest BCUT2D eigenvalue weighted by molar-refractivity contribution is 9.10. The van der Waals surface area contributed by atoms with Crippen molar-refractivity contribution in [1.82, 2.24) is 9.55 Å². The number of halogens is 1. The molecule has 0 amide bonds. The van der Waals surface area contributed by atoms with Crippen molar-refractivity contribution in [2.45, 2.75) is 6.92 Å². The second kappa shape index (κ2) is 5.92. The second-order valence-electron chi connectivity index (χ2n) is 4.81. The lowest BCUT2D eigenvalue weighted by Crippen LogP contribution is -1.99. The van der Waals surface area contributed by atoms with Crippen LogP contribution in [0.1, 0.15) is 5.56 Å². The van der Waals surface area contributed by atoms with Gasteiger partial charge in [-0.25, -0.2) is 4.98 Å². The molecule has 0 bridgehead atoms. The first-order chi connectivity index (χ1) is 10.1. The van der Waals surface area contributed by atoms with Crippen LogP contribution in [0.3, 0.4) is 0 Å². The Morgan fingerprint density at radius 2 is 1.62 bits per heavy atom. The van der Waals surface area contributed by atoms with E-state index in [9.17, 15) is 0 Å². The van der Waals surface area contributed by atoms with Crippen molar-refractivity contribution >= 4 is 28.1 Å². The molecule has 0 fully saturated rings. The lowest BCUT2D eigenvalue weighted by atomic mass is 10.1. The first-order valence-electron chi connectivity index (χ1n) is 6.56. The molecule has 0 atom stereocenters. The molecular weight excluding hydrogens is 344 g/mol. The molecule has 1 heterocycles. The normalized spacial score (nSPS) is 10.6. The van der Waals surface area contributed by atoms with Gasteiger partial charge in [-0.15, -0.1) is 0 Å². The summed E-state index contributed by atoms with van der Waals surface area (Å²) in [6, 6.07) is 18.3. The van der Waals surface area contributed by atoms with Crippen molar-refractivity contribution in [1.29, 1.82) is 0 Å². The van der Waals surface area contributed by atoms with Gasteiger partial charge in [0.05, 0.1) is 5.69 Å². The highest BCUT2D eigenvalue weighted by Crippen LogP contribution is 2.19. The molecule has 0 unspecified atom stereocenters. The van der Waals surface area contributed by atoms with Crippen molar-refractivity contribution in [3.8, 4) is 16.9 Å². The molecule has 104 valence electrons. The van der Waals surface area contributed by atoms with Crippen molar-refractivity contribution in [3.63, 3.8) is 0 Å². The van der Waals surface area contributed by atoms with Crippen LogP contribution in [0.2, 0.25) is 0 Å². The zero-order valence-corrected chi connectivity index (χ0v) is 13.9. The topological polar surface area (TPSA) is 17.8 Å². The maximum absolute atomic E-state index is 5.42. The fraction of sp³-hybridized carbons (Fsp3) is 0.0588. The zero-order valence-electron chi connectivity index (χ0n) is 11.5. The predicted molar refractivity (Wildman–Crippen MR) is 92.3 cm³/mol. The minimum Gasteiger partial charge on any atom is -0.293 e. The summed E-state index contributed by atoms with van der Waals surface area (Å²) in [6.45, 7) is 2.07. The molecule has 0 saturated heterocycles. The van der Waals surface area contributed by atoms with E-state index in [0.29, 0.717) is 4.77 Å². The van der Waals surface area contributed by atoms with Crippen LogP contribution >= 0.6 is 28.1 Å². The Hall–Kier alpha value is -1.78. The van der Waals surface area contributed by atoms with E-state index in [1.54, 1.807) is 0 Å². The van der Waals surface area contributed by atoms with Gasteiger partial charge in [0.25, 0.3) is 0 Å². The Morgan fingerprint density at radius 1 is 0.952 bits per heavy atom. The van der Waals surface area contributed by atoms with Gasteiger partial charge in [0, 0.05) is 21.9 Å². The van der Waals surface area contributed by atoms with Crippen molar-refractivity contribution in [2.24, 2.45) is 0 Å². The fourth-order valence-electron chi connectivity index (χ4n) is 2.09. The molecule has 0 spiro atoms. The Kier molecular flexibility index (Phi) is 3.99. The summed E-state index contributed by atoms with van der Waals surface area (Å²) in [6.07, 6.45) is 1.97. The molecule has 1 aromatic heterocycles. The Balaban J connectivity index is 2.02. The van der Waals surface area contributed by atoms with Gasteiger partial charge in [-0.1, -0.05) is 45.8 Å². The quantitative estimate of drug-likeness (QED) is 0.576. The molecule has 0 N–H and O–H groups in total. The van der Waals surface area contributed by atoms with Crippen LogP contribution in [-0.4, -0.2) is 9.55 Å². The van der Waals surface area contributed by atoms with E-state index in [1.165, 1.54) is 5.56 Å². The SMILES string of the molecule is Cc1ccc(-c2ccn(-c3ccc(Br)cc3)c(=S)n2)cc1. The summed E-state index contributed by atoms with van der Waals surface area (Å²) in [7, 11) is 0. The van der Waals surface area contributed by atoms with E-state index >= 15 is 0 Å². The molecule has 0 aliphatic carbocycles. The summed E-state index contributed by atoms with van der Waals surface area (Å²) in [5, 5.41) is 0. The molecular formula is C17H13BrN2S. The van der Waals surface area contributed by atoms with Gasteiger partial charge in [0.15, 0.2) is 0 Å². The standard InChI is InChI=1S/C17H13BrN2S/c1-12-2-4-13(5-3-12)16-10-11-20(17(21)19-16)15-8-6-14(18)7-9-15/h2-11H,1H3. The third-order valence-corrected chi connectivity index (χ3v) is 4.07. The summed E-state index contributed by atoms with van der Waals surface area (Å²) in [5.74, 6) is 0. The van der Waals surface area contributed by atoms with Crippen molar-refractivity contribution in [2.75, 3.05) is 0 Å². The van der Waals surface area contributed by atoms with Crippen LogP contribution in [0.5, 0.6) is 0 Å². The minimum atomic E-state index is 0.551. The molecule has 0 aliphatic heterocycles. The summed E-state index contributed by atoms with van der Waals surface area (Å²) in [4.78, 5) is 4.54. The molecule has 4 heteroatoms. The van der Waals surface area contributed by atoms with Gasteiger partial charge in [-0.2, -0.15) is 0 Å². The number of hydrogen-bond donors (Lipinski definition) is 0. The fourth-order valence-corrected chi connectivity index (χ4v) is 2.62. The average Bonchev–Trinajstić information content (AvgIpc) is 2.49. The van der Waals surface area contributed by atoms with E-state index in [4.69, 9.17) is 12.2 Å². The predicted octanol–water partition coefficient (Wildman–Crippen LogP) is 5.34.